The number of hydrogen-bond donors (Lipinski definition) is 3. The average molecular weight is 401 g/mol. The second-order valence-corrected chi connectivity index (χ2v) is 7.14. The Bertz CT molecular complexity index is 807. The van der Waals surface area contributed by atoms with Crippen LogP contribution in [0.2, 0.25) is 0 Å². The van der Waals surface area contributed by atoms with Crippen molar-refractivity contribution in [1.29, 1.82) is 0 Å². The van der Waals surface area contributed by atoms with Crippen molar-refractivity contribution in [2.75, 3.05) is 53.0 Å². The minimum Gasteiger partial charge on any atom is -0.387 e. The molecule has 3 rings (SSSR count). The fourth-order valence-electron chi connectivity index (χ4n) is 3.32. The summed E-state index contributed by atoms with van der Waals surface area (Å²) in [5.74, 6) is -0.767. The average Bonchev–Trinajstić information content (AvgIpc) is 2.74. The van der Waals surface area contributed by atoms with E-state index < -0.39 is 11.9 Å². The SMILES string of the molecule is CNCCNC(=O)c1cc(F)cc(-c2ccc(C(O)CN3CCOCC3)cc2)c1. The number of aliphatic hydroxyl groups excluding tert-OH is 1. The van der Waals surface area contributed by atoms with E-state index in [0.29, 0.717) is 38.4 Å². The second kappa shape index (κ2) is 10.5. The largest absolute Gasteiger partial charge is 0.387 e. The van der Waals surface area contributed by atoms with Crippen molar-refractivity contribution in [3.8, 4) is 11.1 Å². The van der Waals surface area contributed by atoms with Gasteiger partial charge in [-0.25, -0.2) is 4.39 Å². The van der Waals surface area contributed by atoms with Gasteiger partial charge in [0.2, 0.25) is 0 Å². The first-order valence-corrected chi connectivity index (χ1v) is 9.88. The fraction of sp³-hybridized carbons (Fsp3) is 0.409. The number of carbonyl (C=O) groups is 1. The summed E-state index contributed by atoms with van der Waals surface area (Å²) in [6, 6.07) is 11.7. The van der Waals surface area contributed by atoms with Gasteiger partial charge in [-0.05, 0) is 41.9 Å². The maximum Gasteiger partial charge on any atom is 0.251 e. The Labute approximate surface area is 170 Å². The Morgan fingerprint density at radius 3 is 2.55 bits per heavy atom. The smallest absolute Gasteiger partial charge is 0.251 e. The maximum absolute atomic E-state index is 14.1. The van der Waals surface area contributed by atoms with Gasteiger partial charge in [-0.1, -0.05) is 24.3 Å². The van der Waals surface area contributed by atoms with Crippen LogP contribution in [0.3, 0.4) is 0 Å². The number of likely N-dealkylation sites (N-methyl/N-ethyl adjacent to an activating group) is 1. The Hall–Kier alpha value is -2.32. The molecule has 0 saturated carbocycles. The zero-order chi connectivity index (χ0) is 20.6. The lowest BCUT2D eigenvalue weighted by atomic mass is 9.99. The zero-order valence-electron chi connectivity index (χ0n) is 16.7. The molecule has 2 aromatic rings. The minimum absolute atomic E-state index is 0.285. The molecule has 0 aliphatic carbocycles. The van der Waals surface area contributed by atoms with Gasteiger partial charge < -0.3 is 20.5 Å². The summed E-state index contributed by atoms with van der Waals surface area (Å²) < 4.78 is 19.4. The van der Waals surface area contributed by atoms with E-state index in [-0.39, 0.29) is 11.5 Å². The van der Waals surface area contributed by atoms with Gasteiger partial charge in [-0.3, -0.25) is 9.69 Å². The van der Waals surface area contributed by atoms with Gasteiger partial charge in [-0.15, -0.1) is 0 Å². The third kappa shape index (κ3) is 6.08. The highest BCUT2D eigenvalue weighted by atomic mass is 19.1. The Morgan fingerprint density at radius 2 is 1.86 bits per heavy atom. The van der Waals surface area contributed by atoms with Gasteiger partial charge in [0.1, 0.15) is 5.82 Å². The molecule has 6 nitrogen and oxygen atoms in total. The number of benzene rings is 2. The topological polar surface area (TPSA) is 73.8 Å². The molecule has 1 fully saturated rings. The van der Waals surface area contributed by atoms with Crippen LogP contribution in [0.4, 0.5) is 4.39 Å². The van der Waals surface area contributed by atoms with Crippen LogP contribution in [0, 0.1) is 5.82 Å². The molecule has 1 saturated heterocycles. The first kappa shape index (κ1) is 21.4. The number of rotatable bonds is 8. The van der Waals surface area contributed by atoms with Gasteiger partial charge in [-0.2, -0.15) is 0 Å². The van der Waals surface area contributed by atoms with Gasteiger partial charge in [0, 0.05) is 38.3 Å². The summed E-state index contributed by atoms with van der Waals surface area (Å²) in [6.07, 6.45) is -0.594. The lowest BCUT2D eigenvalue weighted by Gasteiger charge is -2.28. The van der Waals surface area contributed by atoms with Crippen molar-refractivity contribution < 1.29 is 19.0 Å². The van der Waals surface area contributed by atoms with Crippen LogP contribution in [0.5, 0.6) is 0 Å². The number of carbonyl (C=O) groups excluding carboxylic acids is 1. The fourth-order valence-corrected chi connectivity index (χ4v) is 3.32. The normalized spacial score (nSPS) is 15.8. The van der Waals surface area contributed by atoms with Gasteiger partial charge in [0.25, 0.3) is 5.91 Å². The summed E-state index contributed by atoms with van der Waals surface area (Å²) >= 11 is 0. The Balaban J connectivity index is 1.69. The standard InChI is InChI=1S/C22H28FN3O3/c1-24-6-7-25-22(28)19-12-18(13-20(23)14-19)16-2-4-17(5-3-16)21(27)15-26-8-10-29-11-9-26/h2-5,12-14,21,24,27H,6-11,15H2,1H3,(H,25,28). The van der Waals surface area contributed by atoms with Crippen LogP contribution < -0.4 is 10.6 Å². The van der Waals surface area contributed by atoms with Gasteiger partial charge >= 0.3 is 0 Å². The molecular weight excluding hydrogens is 373 g/mol. The van der Waals surface area contributed by atoms with Crippen LogP contribution in [0.15, 0.2) is 42.5 Å². The number of halogens is 1. The van der Waals surface area contributed by atoms with E-state index in [2.05, 4.69) is 15.5 Å². The van der Waals surface area contributed by atoms with E-state index in [1.165, 1.54) is 12.1 Å². The lowest BCUT2D eigenvalue weighted by Crippen LogP contribution is -2.38. The summed E-state index contributed by atoms with van der Waals surface area (Å²) in [5, 5.41) is 16.2. The monoisotopic (exact) mass is 401 g/mol. The van der Waals surface area contributed by atoms with Crippen LogP contribution >= 0.6 is 0 Å². The third-order valence-corrected chi connectivity index (χ3v) is 4.98. The summed E-state index contributed by atoms with van der Waals surface area (Å²) in [4.78, 5) is 14.4. The van der Waals surface area contributed by atoms with Crippen LogP contribution in [-0.4, -0.2) is 68.9 Å². The Kier molecular flexibility index (Phi) is 7.71. The number of β-amino-alcohol motifs (C(OH)–C–C–N with tert-alkyl or cyclic N) is 1. The first-order chi connectivity index (χ1) is 14.1. The molecule has 1 amide bonds. The van der Waals surface area contributed by atoms with Crippen molar-refractivity contribution in [3.05, 3.63) is 59.4 Å². The molecule has 29 heavy (non-hydrogen) atoms. The van der Waals surface area contributed by atoms with Crippen LogP contribution in [0.1, 0.15) is 22.0 Å². The van der Waals surface area contributed by atoms with E-state index in [1.54, 1.807) is 13.1 Å². The number of morpholine rings is 1. The molecular formula is C22H28FN3O3. The number of hydrogen-bond acceptors (Lipinski definition) is 5. The first-order valence-electron chi connectivity index (χ1n) is 9.88. The molecule has 0 aromatic heterocycles. The van der Waals surface area contributed by atoms with Crippen molar-refractivity contribution in [2.45, 2.75) is 6.10 Å². The molecule has 2 aromatic carbocycles. The minimum atomic E-state index is -0.594. The van der Waals surface area contributed by atoms with Gasteiger partial charge in [0.05, 0.1) is 19.3 Å². The molecule has 0 spiro atoms. The molecule has 1 heterocycles. The van der Waals surface area contributed by atoms with E-state index in [1.807, 2.05) is 24.3 Å². The van der Waals surface area contributed by atoms with Crippen molar-refractivity contribution in [2.24, 2.45) is 0 Å². The molecule has 156 valence electrons. The number of aliphatic hydroxyl groups is 1. The highest BCUT2D eigenvalue weighted by molar-refractivity contribution is 5.95. The Morgan fingerprint density at radius 1 is 1.14 bits per heavy atom. The molecule has 7 heteroatoms. The highest BCUT2D eigenvalue weighted by Gasteiger charge is 2.16. The zero-order valence-corrected chi connectivity index (χ0v) is 16.7. The summed E-state index contributed by atoms with van der Waals surface area (Å²) in [6.45, 7) is 4.68. The molecule has 0 radical (unpaired) electrons. The van der Waals surface area contributed by atoms with Crippen molar-refractivity contribution in [1.82, 2.24) is 15.5 Å². The maximum atomic E-state index is 14.1. The number of ether oxygens (including phenoxy) is 1. The predicted octanol–water partition coefficient (Wildman–Crippen LogP) is 1.81. The van der Waals surface area contributed by atoms with E-state index in [4.69, 9.17) is 4.74 Å². The molecule has 1 aliphatic heterocycles. The number of nitrogens with one attached hydrogen (secondary N) is 2. The summed E-state index contributed by atoms with van der Waals surface area (Å²) in [5.41, 5.74) is 2.50. The van der Waals surface area contributed by atoms with E-state index in [0.717, 1.165) is 24.2 Å². The second-order valence-electron chi connectivity index (χ2n) is 7.14. The number of nitrogens with zero attached hydrogens (tertiary/aromatic N) is 1. The highest BCUT2D eigenvalue weighted by Crippen LogP contribution is 2.25. The molecule has 0 bridgehead atoms. The molecule has 1 atom stereocenters. The third-order valence-electron chi connectivity index (χ3n) is 4.98. The molecule has 3 N–H and O–H groups in total. The molecule has 1 unspecified atom stereocenters. The molecule has 1 aliphatic rings. The van der Waals surface area contributed by atoms with Crippen molar-refractivity contribution in [3.63, 3.8) is 0 Å². The quantitative estimate of drug-likeness (QED) is 0.589. The van der Waals surface area contributed by atoms with Crippen molar-refractivity contribution >= 4 is 5.91 Å². The lowest BCUT2D eigenvalue weighted by molar-refractivity contribution is 0.0143. The van der Waals surface area contributed by atoms with Gasteiger partial charge in [0.15, 0.2) is 0 Å². The van der Waals surface area contributed by atoms with E-state index in [9.17, 15) is 14.3 Å². The summed E-state index contributed by atoms with van der Waals surface area (Å²) in [7, 11) is 1.80. The number of amides is 1. The van der Waals surface area contributed by atoms with Crippen LogP contribution in [0.25, 0.3) is 11.1 Å². The van der Waals surface area contributed by atoms with E-state index >= 15 is 0 Å². The predicted molar refractivity (Wildman–Crippen MR) is 110 cm³/mol. The van der Waals surface area contributed by atoms with Crippen LogP contribution in [-0.2, 0) is 4.74 Å².